The molecule has 0 bridgehead atoms. The molecule has 0 aliphatic carbocycles. The lowest BCUT2D eigenvalue weighted by molar-refractivity contribution is 0.0438. The first-order chi connectivity index (χ1) is 13.5. The SMILES string of the molecule is Cc1cnnc(-c2ccc(C(=O)N3CCCC4(CC3)CNC(=O)O4)cc2)c1C. The van der Waals surface area contributed by atoms with Gasteiger partial charge in [0.2, 0.25) is 0 Å². The van der Waals surface area contributed by atoms with Gasteiger partial charge in [0.15, 0.2) is 0 Å². The number of aryl methyl sites for hydroxylation is 1. The van der Waals surface area contributed by atoms with Crippen LogP contribution in [-0.4, -0.2) is 52.3 Å². The van der Waals surface area contributed by atoms with Gasteiger partial charge in [0.1, 0.15) is 5.60 Å². The topological polar surface area (TPSA) is 84.4 Å². The highest BCUT2D eigenvalue weighted by atomic mass is 16.6. The number of carbonyl (C=O) groups excluding carboxylic acids is 2. The zero-order valence-corrected chi connectivity index (χ0v) is 16.2. The minimum atomic E-state index is -0.461. The van der Waals surface area contributed by atoms with E-state index in [0.717, 1.165) is 35.2 Å². The monoisotopic (exact) mass is 380 g/mol. The van der Waals surface area contributed by atoms with E-state index >= 15 is 0 Å². The highest BCUT2D eigenvalue weighted by Gasteiger charge is 2.41. The maximum atomic E-state index is 13.0. The van der Waals surface area contributed by atoms with Gasteiger partial charge in [-0.05, 0) is 49.9 Å². The van der Waals surface area contributed by atoms with Gasteiger partial charge in [-0.3, -0.25) is 4.79 Å². The van der Waals surface area contributed by atoms with Gasteiger partial charge in [-0.15, -0.1) is 0 Å². The molecule has 4 rings (SSSR count). The van der Waals surface area contributed by atoms with E-state index in [1.54, 1.807) is 6.20 Å². The number of benzene rings is 1. The lowest BCUT2D eigenvalue weighted by atomic mass is 9.95. The normalized spacial score (nSPS) is 21.9. The van der Waals surface area contributed by atoms with E-state index in [9.17, 15) is 9.59 Å². The molecule has 2 amide bonds. The molecule has 1 aromatic carbocycles. The van der Waals surface area contributed by atoms with E-state index in [-0.39, 0.29) is 12.0 Å². The molecule has 146 valence electrons. The molecule has 1 unspecified atom stereocenters. The van der Waals surface area contributed by atoms with Gasteiger partial charge < -0.3 is 15.0 Å². The minimum absolute atomic E-state index is 0.00734. The maximum Gasteiger partial charge on any atom is 0.407 e. The van der Waals surface area contributed by atoms with Crippen molar-refractivity contribution in [1.82, 2.24) is 20.4 Å². The largest absolute Gasteiger partial charge is 0.441 e. The molecule has 7 nitrogen and oxygen atoms in total. The second-order valence-electron chi connectivity index (χ2n) is 7.65. The summed E-state index contributed by atoms with van der Waals surface area (Å²) in [4.78, 5) is 26.3. The van der Waals surface area contributed by atoms with Crippen LogP contribution in [0.5, 0.6) is 0 Å². The Morgan fingerprint density at radius 3 is 2.68 bits per heavy atom. The number of nitrogens with zero attached hydrogens (tertiary/aromatic N) is 3. The lowest BCUT2D eigenvalue weighted by Gasteiger charge is -2.25. The van der Waals surface area contributed by atoms with E-state index in [0.29, 0.717) is 31.6 Å². The number of ether oxygens (including phenoxy) is 1. The molecule has 2 fully saturated rings. The fraction of sp³-hybridized carbons (Fsp3) is 0.429. The summed E-state index contributed by atoms with van der Waals surface area (Å²) >= 11 is 0. The molecular weight excluding hydrogens is 356 g/mol. The fourth-order valence-corrected chi connectivity index (χ4v) is 3.91. The van der Waals surface area contributed by atoms with E-state index in [1.165, 1.54) is 0 Å². The molecule has 1 aromatic heterocycles. The van der Waals surface area contributed by atoms with Crippen molar-refractivity contribution in [1.29, 1.82) is 0 Å². The molecular formula is C21H24N4O3. The summed E-state index contributed by atoms with van der Waals surface area (Å²) in [7, 11) is 0. The Labute approximate surface area is 164 Å². The fourth-order valence-electron chi connectivity index (χ4n) is 3.91. The van der Waals surface area contributed by atoms with Crippen LogP contribution in [0.25, 0.3) is 11.3 Å². The molecule has 3 heterocycles. The number of hydrogen-bond donors (Lipinski definition) is 1. The van der Waals surface area contributed by atoms with Crippen LogP contribution in [0.3, 0.4) is 0 Å². The van der Waals surface area contributed by atoms with Gasteiger partial charge in [-0.1, -0.05) is 12.1 Å². The van der Waals surface area contributed by atoms with Crippen molar-refractivity contribution in [3.8, 4) is 11.3 Å². The van der Waals surface area contributed by atoms with E-state index < -0.39 is 5.60 Å². The summed E-state index contributed by atoms with van der Waals surface area (Å²) in [5.74, 6) is 0.00734. The van der Waals surface area contributed by atoms with Crippen LogP contribution in [0, 0.1) is 13.8 Å². The number of rotatable bonds is 2. The van der Waals surface area contributed by atoms with Crippen LogP contribution in [0.1, 0.15) is 40.7 Å². The third-order valence-corrected chi connectivity index (χ3v) is 5.81. The molecule has 2 aliphatic rings. The van der Waals surface area contributed by atoms with Crippen LogP contribution < -0.4 is 5.32 Å². The van der Waals surface area contributed by atoms with Crippen LogP contribution in [0.4, 0.5) is 4.79 Å². The molecule has 1 atom stereocenters. The molecule has 0 radical (unpaired) electrons. The summed E-state index contributed by atoms with van der Waals surface area (Å²) in [6.07, 6.45) is 3.65. The third-order valence-electron chi connectivity index (χ3n) is 5.81. The van der Waals surface area contributed by atoms with Gasteiger partial charge in [0.25, 0.3) is 5.91 Å². The average Bonchev–Trinajstić information content (AvgIpc) is 2.94. The van der Waals surface area contributed by atoms with Gasteiger partial charge in [-0.2, -0.15) is 10.2 Å². The first-order valence-corrected chi connectivity index (χ1v) is 9.63. The second kappa shape index (κ2) is 7.22. The van der Waals surface area contributed by atoms with Gasteiger partial charge >= 0.3 is 6.09 Å². The highest BCUT2D eigenvalue weighted by Crippen LogP contribution is 2.30. The number of alkyl carbamates (subject to hydrolysis) is 1. The number of nitrogens with one attached hydrogen (secondary N) is 1. The first-order valence-electron chi connectivity index (χ1n) is 9.63. The number of aromatic nitrogens is 2. The molecule has 7 heteroatoms. The van der Waals surface area contributed by atoms with Crippen LogP contribution in [0.2, 0.25) is 0 Å². The highest BCUT2D eigenvalue weighted by molar-refractivity contribution is 5.94. The van der Waals surface area contributed by atoms with Crippen molar-refractivity contribution in [3.05, 3.63) is 47.2 Å². The van der Waals surface area contributed by atoms with Crippen molar-refractivity contribution in [2.75, 3.05) is 19.6 Å². The Bertz CT molecular complexity index is 912. The molecule has 2 saturated heterocycles. The summed E-state index contributed by atoms with van der Waals surface area (Å²) in [6, 6.07) is 7.54. The van der Waals surface area contributed by atoms with E-state index in [2.05, 4.69) is 15.5 Å². The van der Waals surface area contributed by atoms with Crippen molar-refractivity contribution >= 4 is 12.0 Å². The van der Waals surface area contributed by atoms with E-state index in [1.807, 2.05) is 43.0 Å². The smallest absolute Gasteiger partial charge is 0.407 e. The summed E-state index contributed by atoms with van der Waals surface area (Å²) in [6.45, 7) is 5.81. The molecule has 1 N–H and O–H groups in total. The Hall–Kier alpha value is -2.96. The van der Waals surface area contributed by atoms with Crippen molar-refractivity contribution < 1.29 is 14.3 Å². The van der Waals surface area contributed by atoms with Crippen LogP contribution >= 0.6 is 0 Å². The molecule has 0 saturated carbocycles. The Balaban J connectivity index is 1.48. The molecule has 28 heavy (non-hydrogen) atoms. The predicted octanol–water partition coefficient (Wildman–Crippen LogP) is 2.87. The number of carbonyl (C=O) groups is 2. The molecule has 2 aliphatic heterocycles. The Morgan fingerprint density at radius 2 is 1.96 bits per heavy atom. The molecule has 1 spiro atoms. The average molecular weight is 380 g/mol. The maximum absolute atomic E-state index is 13.0. The molecule has 2 aromatic rings. The predicted molar refractivity (Wildman–Crippen MR) is 104 cm³/mol. The number of amides is 2. The van der Waals surface area contributed by atoms with Crippen molar-refractivity contribution in [3.63, 3.8) is 0 Å². The van der Waals surface area contributed by atoms with Gasteiger partial charge in [-0.25, -0.2) is 4.79 Å². The van der Waals surface area contributed by atoms with Gasteiger partial charge in [0, 0.05) is 30.6 Å². The van der Waals surface area contributed by atoms with Crippen molar-refractivity contribution in [2.45, 2.75) is 38.7 Å². The number of hydrogen-bond acceptors (Lipinski definition) is 5. The summed E-state index contributed by atoms with van der Waals surface area (Å²) < 4.78 is 5.49. The Morgan fingerprint density at radius 1 is 1.18 bits per heavy atom. The van der Waals surface area contributed by atoms with E-state index in [4.69, 9.17) is 4.74 Å². The first kappa shape index (κ1) is 18.4. The summed E-state index contributed by atoms with van der Waals surface area (Å²) in [5, 5.41) is 11.0. The van der Waals surface area contributed by atoms with Gasteiger partial charge in [0.05, 0.1) is 18.4 Å². The van der Waals surface area contributed by atoms with Crippen molar-refractivity contribution in [2.24, 2.45) is 0 Å². The second-order valence-corrected chi connectivity index (χ2v) is 7.65. The van der Waals surface area contributed by atoms with Crippen LogP contribution in [-0.2, 0) is 4.74 Å². The Kier molecular flexibility index (Phi) is 4.75. The third kappa shape index (κ3) is 3.44. The number of likely N-dealkylation sites (tertiary alicyclic amines) is 1. The zero-order valence-electron chi connectivity index (χ0n) is 16.2. The standard InChI is InChI=1S/C21H24N4O3/c1-14-12-23-24-18(15(14)2)16-4-6-17(7-5-16)19(26)25-10-3-8-21(9-11-25)13-22-20(27)28-21/h4-7,12H,3,8-11,13H2,1-2H3,(H,22,27). The quantitative estimate of drug-likeness (QED) is 0.866. The summed E-state index contributed by atoms with van der Waals surface area (Å²) in [5.41, 5.74) is 4.16. The lowest BCUT2D eigenvalue weighted by Crippen LogP contribution is -2.36. The zero-order chi connectivity index (χ0) is 19.7. The van der Waals surface area contributed by atoms with Crippen LogP contribution in [0.15, 0.2) is 30.5 Å². The minimum Gasteiger partial charge on any atom is -0.441 e.